The van der Waals surface area contributed by atoms with Gasteiger partial charge in [-0.2, -0.15) is 0 Å². The molecular formula is C10H14ClO3P. The van der Waals surface area contributed by atoms with E-state index in [1.807, 2.05) is 12.1 Å². The summed E-state index contributed by atoms with van der Waals surface area (Å²) in [6, 6.07) is 7.14. The van der Waals surface area contributed by atoms with Crippen molar-refractivity contribution < 1.29 is 14.0 Å². The number of halogens is 1. The van der Waals surface area contributed by atoms with E-state index in [-0.39, 0.29) is 0 Å². The van der Waals surface area contributed by atoms with Gasteiger partial charge in [-0.1, -0.05) is 31.5 Å². The Bertz CT molecular complexity index is 361. The van der Waals surface area contributed by atoms with Gasteiger partial charge in [-0.15, -0.1) is 0 Å². The highest BCUT2D eigenvalue weighted by Crippen LogP contribution is 2.48. The smallest absolute Gasteiger partial charge is 0.413 e. The molecule has 1 rings (SSSR count). The summed E-state index contributed by atoms with van der Waals surface area (Å²) in [5, 5.41) is 0. The first-order valence-corrected chi connectivity index (χ1v) is 7.31. The summed E-state index contributed by atoms with van der Waals surface area (Å²) in [7, 11) is 0. The van der Waals surface area contributed by atoms with Crippen molar-refractivity contribution in [1.29, 1.82) is 0 Å². The maximum Gasteiger partial charge on any atom is 0.474 e. The Morgan fingerprint density at radius 1 is 1.47 bits per heavy atom. The van der Waals surface area contributed by atoms with Crippen LogP contribution in [0.1, 0.15) is 25.3 Å². The normalized spacial score (nSPS) is 14.6. The van der Waals surface area contributed by atoms with E-state index in [2.05, 4.69) is 6.92 Å². The summed E-state index contributed by atoms with van der Waals surface area (Å²) in [5.41, 5.74) is 0.911. The van der Waals surface area contributed by atoms with Gasteiger partial charge in [0.2, 0.25) is 0 Å². The molecule has 1 unspecified atom stereocenters. The summed E-state index contributed by atoms with van der Waals surface area (Å²) in [6.45, 7) is -1.89. The maximum absolute atomic E-state index is 10.9. The fourth-order valence-corrected chi connectivity index (χ4v) is 1.93. The van der Waals surface area contributed by atoms with Crippen LogP contribution in [0.4, 0.5) is 0 Å². The molecule has 3 nitrogen and oxygen atoms in total. The van der Waals surface area contributed by atoms with Gasteiger partial charge in [0, 0.05) is 11.2 Å². The van der Waals surface area contributed by atoms with Crippen molar-refractivity contribution >= 4 is 18.2 Å². The van der Waals surface area contributed by atoms with E-state index in [0.717, 1.165) is 24.8 Å². The molecule has 0 radical (unpaired) electrons. The van der Waals surface area contributed by atoms with E-state index in [1.165, 1.54) is 0 Å². The van der Waals surface area contributed by atoms with Crippen LogP contribution in [0.3, 0.4) is 0 Å². The van der Waals surface area contributed by atoms with Gasteiger partial charge < -0.3 is 9.42 Å². The van der Waals surface area contributed by atoms with Crippen LogP contribution in [0.15, 0.2) is 24.3 Å². The van der Waals surface area contributed by atoms with Crippen LogP contribution in [-0.2, 0) is 11.0 Å². The van der Waals surface area contributed by atoms with Crippen molar-refractivity contribution in [3.05, 3.63) is 29.8 Å². The van der Waals surface area contributed by atoms with Gasteiger partial charge in [-0.05, 0) is 24.5 Å². The molecular weight excluding hydrogens is 235 g/mol. The molecule has 0 fully saturated rings. The minimum absolute atomic E-state index is 0.395. The topological polar surface area (TPSA) is 46.5 Å². The number of benzene rings is 1. The van der Waals surface area contributed by atoms with Crippen molar-refractivity contribution in [1.82, 2.24) is 0 Å². The lowest BCUT2D eigenvalue weighted by Gasteiger charge is -2.10. The predicted octanol–water partition coefficient (Wildman–Crippen LogP) is 3.75. The van der Waals surface area contributed by atoms with Crippen LogP contribution >= 0.6 is 18.2 Å². The van der Waals surface area contributed by atoms with E-state index < -0.39 is 6.95 Å². The van der Waals surface area contributed by atoms with Crippen LogP contribution < -0.4 is 4.52 Å². The van der Waals surface area contributed by atoms with Gasteiger partial charge in [-0.25, -0.2) is 4.57 Å². The number of para-hydroxylation sites is 1. The highest BCUT2D eigenvalue weighted by atomic mass is 35.7. The number of hydrogen-bond acceptors (Lipinski definition) is 2. The summed E-state index contributed by atoms with van der Waals surface area (Å²) in [6.07, 6.45) is 2.90. The molecule has 0 heterocycles. The zero-order chi connectivity index (χ0) is 11.3. The van der Waals surface area contributed by atoms with Crippen molar-refractivity contribution in [2.45, 2.75) is 26.2 Å². The molecule has 0 aliphatic rings. The third kappa shape index (κ3) is 4.70. The average Bonchev–Trinajstić information content (AvgIpc) is 2.14. The molecule has 1 atom stereocenters. The fourth-order valence-electron chi connectivity index (χ4n) is 1.29. The Kier molecular flexibility index (Phi) is 4.65. The molecule has 1 aromatic carbocycles. The van der Waals surface area contributed by atoms with Gasteiger partial charge in [-0.3, -0.25) is 0 Å². The summed E-state index contributed by atoms with van der Waals surface area (Å²) >= 11 is 5.16. The first kappa shape index (κ1) is 12.6. The van der Waals surface area contributed by atoms with Crippen LogP contribution in [0.5, 0.6) is 5.75 Å². The van der Waals surface area contributed by atoms with E-state index in [9.17, 15) is 4.57 Å². The largest absolute Gasteiger partial charge is 0.474 e. The molecule has 0 saturated carbocycles. The fraction of sp³-hybridized carbons (Fsp3) is 0.400. The van der Waals surface area contributed by atoms with Gasteiger partial charge in [0.1, 0.15) is 5.75 Å². The highest BCUT2D eigenvalue weighted by molar-refractivity contribution is 7.80. The van der Waals surface area contributed by atoms with Crippen molar-refractivity contribution in [2.24, 2.45) is 0 Å². The Morgan fingerprint density at radius 2 is 2.13 bits per heavy atom. The van der Waals surface area contributed by atoms with Crippen LogP contribution in [-0.4, -0.2) is 4.89 Å². The number of rotatable bonds is 5. The number of aryl methyl sites for hydroxylation is 1. The number of hydrogen-bond donors (Lipinski definition) is 1. The molecule has 0 saturated heterocycles. The minimum atomic E-state index is -3.97. The summed E-state index contributed by atoms with van der Waals surface area (Å²) in [5.74, 6) is 0.395. The minimum Gasteiger partial charge on any atom is -0.413 e. The van der Waals surface area contributed by atoms with Crippen molar-refractivity contribution in [2.75, 3.05) is 0 Å². The summed E-state index contributed by atoms with van der Waals surface area (Å²) < 4.78 is 15.7. The van der Waals surface area contributed by atoms with E-state index >= 15 is 0 Å². The zero-order valence-electron chi connectivity index (χ0n) is 8.52. The van der Waals surface area contributed by atoms with Gasteiger partial charge in [0.15, 0.2) is 0 Å². The SMILES string of the molecule is CCCCc1ccccc1OP(=O)(O)Cl. The Hall–Kier alpha value is -0.500. The quantitative estimate of drug-likeness (QED) is 0.808. The molecule has 0 bridgehead atoms. The Labute approximate surface area is 94.4 Å². The maximum atomic E-state index is 10.9. The van der Waals surface area contributed by atoms with Crippen LogP contribution in [0.2, 0.25) is 0 Å². The molecule has 5 heteroatoms. The third-order valence-electron chi connectivity index (χ3n) is 1.98. The first-order valence-electron chi connectivity index (χ1n) is 4.83. The Balaban J connectivity index is 2.81. The molecule has 0 amide bonds. The number of unbranched alkanes of at least 4 members (excludes halogenated alkanes) is 1. The Morgan fingerprint density at radius 3 is 2.73 bits per heavy atom. The molecule has 84 valence electrons. The lowest BCUT2D eigenvalue weighted by molar-refractivity contribution is 0.399. The van der Waals surface area contributed by atoms with Gasteiger partial charge in [0.05, 0.1) is 0 Å². The lowest BCUT2D eigenvalue weighted by Crippen LogP contribution is -1.92. The van der Waals surface area contributed by atoms with E-state index in [4.69, 9.17) is 20.7 Å². The highest BCUT2D eigenvalue weighted by Gasteiger charge is 2.17. The van der Waals surface area contributed by atoms with Gasteiger partial charge in [0.25, 0.3) is 0 Å². The van der Waals surface area contributed by atoms with Crippen LogP contribution in [0, 0.1) is 0 Å². The molecule has 0 aliphatic carbocycles. The van der Waals surface area contributed by atoms with E-state index in [0.29, 0.717) is 5.75 Å². The average molecular weight is 249 g/mol. The van der Waals surface area contributed by atoms with Crippen molar-refractivity contribution in [3.63, 3.8) is 0 Å². The molecule has 0 aromatic heterocycles. The van der Waals surface area contributed by atoms with Crippen LogP contribution in [0.25, 0.3) is 0 Å². The third-order valence-corrected chi connectivity index (χ3v) is 2.61. The second-order valence-corrected chi connectivity index (χ2v) is 5.62. The monoisotopic (exact) mass is 248 g/mol. The molecule has 0 aliphatic heterocycles. The molecule has 1 N–H and O–H groups in total. The second-order valence-electron chi connectivity index (χ2n) is 3.25. The van der Waals surface area contributed by atoms with Gasteiger partial charge >= 0.3 is 6.95 Å². The second kappa shape index (κ2) is 5.55. The van der Waals surface area contributed by atoms with E-state index in [1.54, 1.807) is 12.1 Å². The zero-order valence-corrected chi connectivity index (χ0v) is 10.2. The van der Waals surface area contributed by atoms with Crippen molar-refractivity contribution in [3.8, 4) is 5.75 Å². The molecule has 1 aromatic rings. The lowest BCUT2D eigenvalue weighted by atomic mass is 10.1. The summed E-state index contributed by atoms with van der Waals surface area (Å²) in [4.78, 5) is 8.92. The first-order chi connectivity index (χ1) is 7.03. The molecule has 0 spiro atoms. The molecule has 15 heavy (non-hydrogen) atoms. The predicted molar refractivity (Wildman–Crippen MR) is 61.4 cm³/mol. The standard InChI is InChI=1S/C10H14ClO3P/c1-2-3-6-9-7-4-5-8-10(9)14-15(11,12)13/h4-5,7-8H,2-3,6H2,1H3,(H,12,13).